The van der Waals surface area contributed by atoms with E-state index < -0.39 is 5.91 Å². The van der Waals surface area contributed by atoms with Crippen LogP contribution < -0.4 is 5.32 Å². The van der Waals surface area contributed by atoms with Crippen LogP contribution in [0.5, 0.6) is 5.75 Å². The molecule has 25 heavy (non-hydrogen) atoms. The van der Waals surface area contributed by atoms with Crippen LogP contribution in [0.2, 0.25) is 5.02 Å². The monoisotopic (exact) mass is 426 g/mol. The predicted molar refractivity (Wildman–Crippen MR) is 95.9 cm³/mol. The quantitative estimate of drug-likeness (QED) is 0.786. The number of amides is 2. The van der Waals surface area contributed by atoms with Gasteiger partial charge in [-0.25, -0.2) is 0 Å². The zero-order valence-corrected chi connectivity index (χ0v) is 15.5. The number of phenolic OH excluding ortho intramolecular Hbond substituents is 1. The number of likely N-dealkylation sites (tertiary alicyclic amines) is 1. The van der Waals surface area contributed by atoms with E-state index in [-0.39, 0.29) is 28.3 Å². The topological polar surface area (TPSA) is 82.8 Å². The number of aromatic hydroxyl groups is 1. The van der Waals surface area contributed by atoms with E-state index in [1.165, 1.54) is 18.4 Å². The maximum Gasteiger partial charge on any atom is 0.289 e. The summed E-state index contributed by atoms with van der Waals surface area (Å²) in [5.74, 6) is -0.466. The van der Waals surface area contributed by atoms with Crippen LogP contribution in [0.15, 0.2) is 39.4 Å². The molecule has 132 valence electrons. The lowest BCUT2D eigenvalue weighted by Crippen LogP contribution is -2.46. The van der Waals surface area contributed by atoms with Gasteiger partial charge in [-0.1, -0.05) is 27.5 Å². The number of phenols is 1. The van der Waals surface area contributed by atoms with E-state index >= 15 is 0 Å². The van der Waals surface area contributed by atoms with Crippen LogP contribution in [-0.4, -0.2) is 41.0 Å². The van der Waals surface area contributed by atoms with E-state index in [0.717, 1.165) is 0 Å². The second-order valence-corrected chi connectivity index (χ2v) is 7.12. The van der Waals surface area contributed by atoms with Crippen LogP contribution in [0.3, 0.4) is 0 Å². The first kappa shape index (κ1) is 17.8. The van der Waals surface area contributed by atoms with Crippen molar-refractivity contribution in [1.29, 1.82) is 0 Å². The molecule has 0 aliphatic carbocycles. The molecule has 0 spiro atoms. The molecule has 1 saturated heterocycles. The largest absolute Gasteiger partial charge is 0.506 e. The first-order valence-electron chi connectivity index (χ1n) is 7.77. The van der Waals surface area contributed by atoms with Gasteiger partial charge in [0, 0.05) is 23.6 Å². The summed E-state index contributed by atoms with van der Waals surface area (Å²) in [6.07, 6.45) is 2.72. The fraction of sp³-hybridized carbons (Fsp3) is 0.294. The van der Waals surface area contributed by atoms with Gasteiger partial charge < -0.3 is 19.7 Å². The Morgan fingerprint density at radius 3 is 2.68 bits per heavy atom. The van der Waals surface area contributed by atoms with Gasteiger partial charge in [-0.15, -0.1) is 0 Å². The summed E-state index contributed by atoms with van der Waals surface area (Å²) in [5.41, 5.74) is 0.119. The van der Waals surface area contributed by atoms with Crippen molar-refractivity contribution >= 4 is 39.3 Å². The minimum Gasteiger partial charge on any atom is -0.506 e. The Labute approximate surface area is 157 Å². The molecule has 1 fully saturated rings. The molecule has 1 aliphatic rings. The zero-order valence-electron chi connectivity index (χ0n) is 13.2. The summed E-state index contributed by atoms with van der Waals surface area (Å²) in [7, 11) is 0. The van der Waals surface area contributed by atoms with Crippen molar-refractivity contribution in [2.75, 3.05) is 13.1 Å². The number of hydrogen-bond donors (Lipinski definition) is 2. The Kier molecular flexibility index (Phi) is 5.34. The van der Waals surface area contributed by atoms with Gasteiger partial charge >= 0.3 is 0 Å². The third-order valence-electron chi connectivity index (χ3n) is 4.12. The number of furan rings is 1. The molecule has 8 heteroatoms. The van der Waals surface area contributed by atoms with Gasteiger partial charge in [0.05, 0.1) is 16.8 Å². The number of nitrogens with zero attached hydrogens (tertiary/aromatic N) is 1. The van der Waals surface area contributed by atoms with E-state index in [4.69, 9.17) is 16.0 Å². The number of carbonyl (C=O) groups is 2. The number of piperidine rings is 1. The van der Waals surface area contributed by atoms with Crippen molar-refractivity contribution in [3.05, 3.63) is 51.3 Å². The number of hydrogen-bond acceptors (Lipinski definition) is 4. The SMILES string of the molecule is O=C(NC1CCN(C(=O)c2ccco2)CC1)c1cc(Br)cc(Cl)c1O. The molecule has 2 aromatic rings. The van der Waals surface area contributed by atoms with Crippen molar-refractivity contribution in [1.82, 2.24) is 10.2 Å². The summed E-state index contributed by atoms with van der Waals surface area (Å²) >= 11 is 9.15. The fourth-order valence-corrected chi connectivity index (χ4v) is 3.59. The molecular formula is C17H16BrClN2O4. The third-order valence-corrected chi connectivity index (χ3v) is 4.87. The van der Waals surface area contributed by atoms with Crippen molar-refractivity contribution in [2.45, 2.75) is 18.9 Å². The minimum atomic E-state index is -0.392. The number of carbonyl (C=O) groups excluding carboxylic acids is 2. The molecule has 2 heterocycles. The molecule has 2 N–H and O–H groups in total. The Morgan fingerprint density at radius 2 is 2.04 bits per heavy atom. The molecule has 0 radical (unpaired) electrons. The van der Waals surface area contributed by atoms with Gasteiger partial charge in [-0.2, -0.15) is 0 Å². The Bertz CT molecular complexity index is 786. The van der Waals surface area contributed by atoms with Crippen LogP contribution in [0.25, 0.3) is 0 Å². The lowest BCUT2D eigenvalue weighted by molar-refractivity contribution is 0.0667. The van der Waals surface area contributed by atoms with Gasteiger partial charge in [0.25, 0.3) is 11.8 Å². The van der Waals surface area contributed by atoms with Gasteiger partial charge in [0.2, 0.25) is 0 Å². The highest BCUT2D eigenvalue weighted by atomic mass is 79.9. The van der Waals surface area contributed by atoms with E-state index in [9.17, 15) is 14.7 Å². The number of rotatable bonds is 3. The standard InChI is InChI=1S/C17H16BrClN2O4/c18-10-8-12(15(22)13(19)9-10)16(23)20-11-3-5-21(6-4-11)17(24)14-2-1-7-25-14/h1-2,7-9,11,22H,3-6H2,(H,20,23). The Morgan fingerprint density at radius 1 is 1.32 bits per heavy atom. The highest BCUT2D eigenvalue weighted by molar-refractivity contribution is 9.10. The number of nitrogens with one attached hydrogen (secondary N) is 1. The second-order valence-electron chi connectivity index (χ2n) is 5.80. The highest BCUT2D eigenvalue weighted by Gasteiger charge is 2.26. The Hall–Kier alpha value is -1.99. The van der Waals surface area contributed by atoms with Crippen molar-refractivity contribution in [3.63, 3.8) is 0 Å². The highest BCUT2D eigenvalue weighted by Crippen LogP contribution is 2.31. The molecule has 1 aromatic heterocycles. The van der Waals surface area contributed by atoms with E-state index in [1.807, 2.05) is 0 Å². The van der Waals surface area contributed by atoms with Crippen LogP contribution in [0.1, 0.15) is 33.8 Å². The molecule has 6 nitrogen and oxygen atoms in total. The molecule has 1 aromatic carbocycles. The lowest BCUT2D eigenvalue weighted by atomic mass is 10.0. The van der Waals surface area contributed by atoms with E-state index in [1.54, 1.807) is 17.0 Å². The molecule has 0 bridgehead atoms. The van der Waals surface area contributed by atoms with Crippen molar-refractivity contribution in [3.8, 4) is 5.75 Å². The van der Waals surface area contributed by atoms with Gasteiger partial charge in [-0.05, 0) is 37.1 Å². The Balaban J connectivity index is 1.59. The summed E-state index contributed by atoms with van der Waals surface area (Å²) in [6.45, 7) is 1.05. The maximum absolute atomic E-state index is 12.4. The smallest absolute Gasteiger partial charge is 0.289 e. The number of benzene rings is 1. The lowest BCUT2D eigenvalue weighted by Gasteiger charge is -2.32. The maximum atomic E-state index is 12.4. The predicted octanol–water partition coefficient (Wildman–Crippen LogP) is 3.44. The van der Waals surface area contributed by atoms with Crippen LogP contribution in [0, 0.1) is 0 Å². The van der Waals surface area contributed by atoms with Crippen molar-refractivity contribution < 1.29 is 19.1 Å². The molecule has 0 unspecified atom stereocenters. The van der Waals surface area contributed by atoms with E-state index in [2.05, 4.69) is 21.2 Å². The van der Waals surface area contributed by atoms with Gasteiger partial charge in [0.15, 0.2) is 5.76 Å². The molecule has 0 saturated carbocycles. The second kappa shape index (κ2) is 7.49. The van der Waals surface area contributed by atoms with E-state index in [0.29, 0.717) is 36.2 Å². The molecule has 3 rings (SSSR count). The average molecular weight is 428 g/mol. The van der Waals surface area contributed by atoms with Crippen LogP contribution in [-0.2, 0) is 0 Å². The molecule has 2 amide bonds. The number of halogens is 2. The summed E-state index contributed by atoms with van der Waals surface area (Å²) < 4.78 is 5.74. The average Bonchev–Trinajstić information content (AvgIpc) is 3.12. The van der Waals surface area contributed by atoms with Crippen LogP contribution in [0.4, 0.5) is 0 Å². The first-order chi connectivity index (χ1) is 12.0. The van der Waals surface area contributed by atoms with Gasteiger partial charge in [0.1, 0.15) is 5.75 Å². The fourth-order valence-electron chi connectivity index (χ4n) is 2.79. The summed E-state index contributed by atoms with van der Waals surface area (Å²) in [6, 6.07) is 6.27. The third kappa shape index (κ3) is 3.99. The molecular weight excluding hydrogens is 412 g/mol. The van der Waals surface area contributed by atoms with Crippen LogP contribution >= 0.6 is 27.5 Å². The summed E-state index contributed by atoms with van der Waals surface area (Å²) in [4.78, 5) is 26.3. The normalized spacial score (nSPS) is 15.2. The minimum absolute atomic E-state index is 0.0784. The first-order valence-corrected chi connectivity index (χ1v) is 8.94. The van der Waals surface area contributed by atoms with Gasteiger partial charge in [-0.3, -0.25) is 9.59 Å². The molecule has 1 aliphatic heterocycles. The molecule has 0 atom stereocenters. The summed E-state index contributed by atoms with van der Waals surface area (Å²) in [5, 5.41) is 13.0. The zero-order chi connectivity index (χ0) is 18.0. The van der Waals surface area contributed by atoms with Crippen molar-refractivity contribution in [2.24, 2.45) is 0 Å².